The topological polar surface area (TPSA) is 115 Å². The number of nitrogens with zero attached hydrogens (tertiary/aromatic N) is 2. The molecule has 1 aromatic heterocycles. The Hall–Kier alpha value is -3.71. The number of carbonyl (C=O) groups is 4. The van der Waals surface area contributed by atoms with E-state index in [9.17, 15) is 24.0 Å². The van der Waals surface area contributed by atoms with Crippen LogP contribution in [0.3, 0.4) is 0 Å². The van der Waals surface area contributed by atoms with Crippen molar-refractivity contribution in [2.45, 2.75) is 29.7 Å². The van der Waals surface area contributed by atoms with E-state index in [2.05, 4.69) is 21.2 Å². The van der Waals surface area contributed by atoms with Crippen LogP contribution >= 0.6 is 50.6 Å². The first-order valence-electron chi connectivity index (χ1n) is 13.5. The maximum absolute atomic E-state index is 14.0. The number of thiazole rings is 1. The smallest absolute Gasteiger partial charge is 0.338 e. The van der Waals surface area contributed by atoms with Crippen molar-refractivity contribution in [2.24, 2.45) is 5.92 Å². The number of benzene rings is 3. The normalized spacial score (nSPS) is 19.0. The van der Waals surface area contributed by atoms with Gasteiger partial charge < -0.3 is 10.1 Å². The molecule has 9 nitrogen and oxygen atoms in total. The standard InChI is InChI=1S/C31H23BrClN3O6S2/c1-2-42-30(40)17-5-11-20(12-6-17)34-22(37)15-35-29-26(44-31(35)41)23(16-3-9-19(33)10-4-16)24-25(43-29)28(39)36(27(24)38)21-13-7-18(32)8-14-21/h3-14,23-25H,2,15H2,1H3,(H,34,37). The van der Waals surface area contributed by atoms with E-state index in [0.717, 1.165) is 33.1 Å². The molecule has 3 aromatic carbocycles. The fourth-order valence-electron chi connectivity index (χ4n) is 5.38. The zero-order valence-corrected chi connectivity index (χ0v) is 27.0. The van der Waals surface area contributed by atoms with E-state index in [-0.39, 0.29) is 29.8 Å². The number of ether oxygens (including phenoxy) is 1. The predicted octanol–water partition coefficient (Wildman–Crippen LogP) is 5.94. The largest absolute Gasteiger partial charge is 0.462 e. The second kappa shape index (κ2) is 12.4. The SMILES string of the molecule is CCOC(=O)c1ccc(NC(=O)Cn2c3c(sc2=O)C(c2ccc(Cl)cc2)C2C(=O)N(c4ccc(Br)cc4)C(=O)C2S3)cc1. The van der Waals surface area contributed by atoms with Gasteiger partial charge in [-0.05, 0) is 73.2 Å². The molecule has 0 saturated carbocycles. The van der Waals surface area contributed by atoms with Crippen LogP contribution < -0.4 is 15.1 Å². The van der Waals surface area contributed by atoms with Crippen LogP contribution in [0.4, 0.5) is 11.4 Å². The number of fused-ring (bicyclic) bond motifs is 2. The van der Waals surface area contributed by atoms with Crippen molar-refractivity contribution in [3.05, 3.63) is 108 Å². The summed E-state index contributed by atoms with van der Waals surface area (Å²) in [4.78, 5) is 67.6. The number of anilines is 2. The highest BCUT2D eigenvalue weighted by atomic mass is 79.9. The first kappa shape index (κ1) is 30.3. The van der Waals surface area contributed by atoms with E-state index >= 15 is 0 Å². The average molecular weight is 713 g/mol. The summed E-state index contributed by atoms with van der Waals surface area (Å²) in [6.45, 7) is 1.66. The first-order valence-corrected chi connectivity index (χ1v) is 16.4. The Bertz CT molecular complexity index is 1840. The molecule has 4 aromatic rings. The van der Waals surface area contributed by atoms with E-state index in [1.54, 1.807) is 79.7 Å². The number of halogens is 2. The molecule has 0 spiro atoms. The third-order valence-electron chi connectivity index (χ3n) is 7.34. The minimum atomic E-state index is -0.807. The summed E-state index contributed by atoms with van der Waals surface area (Å²) in [6.07, 6.45) is 0. The fraction of sp³-hybridized carbons (Fsp3) is 0.194. The van der Waals surface area contributed by atoms with Gasteiger partial charge in [-0.1, -0.05) is 62.8 Å². The highest BCUT2D eigenvalue weighted by molar-refractivity contribution is 9.10. The van der Waals surface area contributed by atoms with Crippen LogP contribution in [0.1, 0.15) is 33.6 Å². The summed E-state index contributed by atoms with van der Waals surface area (Å²) in [7, 11) is 0. The van der Waals surface area contributed by atoms with Crippen LogP contribution in [0.25, 0.3) is 0 Å². The third kappa shape index (κ3) is 5.63. The molecule has 44 heavy (non-hydrogen) atoms. The van der Waals surface area contributed by atoms with Gasteiger partial charge in [-0.15, -0.1) is 0 Å². The van der Waals surface area contributed by atoms with Gasteiger partial charge in [0.05, 0.1) is 28.8 Å². The van der Waals surface area contributed by atoms with Gasteiger partial charge in [-0.2, -0.15) is 0 Å². The minimum Gasteiger partial charge on any atom is -0.462 e. The summed E-state index contributed by atoms with van der Waals surface area (Å²) >= 11 is 11.7. The molecule has 0 aliphatic carbocycles. The second-order valence-electron chi connectivity index (χ2n) is 10.1. The Labute approximate surface area is 273 Å². The van der Waals surface area contributed by atoms with E-state index in [1.165, 1.54) is 9.47 Å². The molecule has 0 bridgehead atoms. The van der Waals surface area contributed by atoms with Gasteiger partial charge in [-0.25, -0.2) is 9.69 Å². The van der Waals surface area contributed by atoms with Gasteiger partial charge in [0.25, 0.3) is 0 Å². The van der Waals surface area contributed by atoms with Gasteiger partial charge in [0.1, 0.15) is 11.8 Å². The number of hydrogen-bond acceptors (Lipinski definition) is 8. The van der Waals surface area contributed by atoms with E-state index in [1.807, 2.05) is 0 Å². The Kier molecular flexibility index (Phi) is 8.51. The Morgan fingerprint density at radius 2 is 1.64 bits per heavy atom. The number of aromatic nitrogens is 1. The van der Waals surface area contributed by atoms with Crippen molar-refractivity contribution < 1.29 is 23.9 Å². The summed E-state index contributed by atoms with van der Waals surface area (Å²) in [5.74, 6) is -3.02. The lowest BCUT2D eigenvalue weighted by atomic mass is 9.83. The Balaban J connectivity index is 1.33. The summed E-state index contributed by atoms with van der Waals surface area (Å²) < 4.78 is 7.15. The first-order chi connectivity index (χ1) is 21.2. The van der Waals surface area contributed by atoms with Gasteiger partial charge in [0.15, 0.2) is 0 Å². The van der Waals surface area contributed by atoms with Crippen molar-refractivity contribution in [2.75, 3.05) is 16.8 Å². The zero-order chi connectivity index (χ0) is 31.1. The molecule has 2 aliphatic rings. The number of thioether (sulfide) groups is 1. The molecule has 1 N–H and O–H groups in total. The average Bonchev–Trinajstić information content (AvgIpc) is 3.45. The van der Waals surface area contributed by atoms with Crippen LogP contribution in [0.2, 0.25) is 5.02 Å². The Morgan fingerprint density at radius 3 is 2.30 bits per heavy atom. The molecular formula is C31H23BrClN3O6S2. The second-order valence-corrected chi connectivity index (χ2v) is 13.5. The summed E-state index contributed by atoms with van der Waals surface area (Å²) in [5.41, 5.74) is 1.99. The van der Waals surface area contributed by atoms with Crippen molar-refractivity contribution in [1.29, 1.82) is 0 Å². The van der Waals surface area contributed by atoms with Gasteiger partial charge in [0, 0.05) is 26.0 Å². The molecule has 3 unspecified atom stereocenters. The lowest BCUT2D eigenvalue weighted by molar-refractivity contribution is -0.122. The van der Waals surface area contributed by atoms with Crippen molar-refractivity contribution >= 4 is 85.7 Å². The lowest BCUT2D eigenvalue weighted by Crippen LogP contribution is -2.33. The monoisotopic (exact) mass is 711 g/mol. The maximum atomic E-state index is 14.0. The lowest BCUT2D eigenvalue weighted by Gasteiger charge is -2.30. The summed E-state index contributed by atoms with van der Waals surface area (Å²) in [6, 6.07) is 20.2. The summed E-state index contributed by atoms with van der Waals surface area (Å²) in [5, 5.41) is 2.94. The molecule has 1 saturated heterocycles. The van der Waals surface area contributed by atoms with Crippen LogP contribution in [0.15, 0.2) is 87.1 Å². The van der Waals surface area contributed by atoms with E-state index in [4.69, 9.17) is 16.3 Å². The van der Waals surface area contributed by atoms with Crippen LogP contribution in [0, 0.1) is 5.92 Å². The van der Waals surface area contributed by atoms with Crippen LogP contribution in [0.5, 0.6) is 0 Å². The number of amides is 3. The number of rotatable bonds is 7. The minimum absolute atomic E-state index is 0.248. The quantitative estimate of drug-likeness (QED) is 0.187. The number of imide groups is 1. The van der Waals surface area contributed by atoms with Gasteiger partial charge >= 0.3 is 10.8 Å². The van der Waals surface area contributed by atoms with Crippen molar-refractivity contribution in [1.82, 2.24) is 4.57 Å². The van der Waals surface area contributed by atoms with Crippen molar-refractivity contribution in [3.63, 3.8) is 0 Å². The molecule has 6 rings (SSSR count). The molecule has 2 aliphatic heterocycles. The van der Waals surface area contributed by atoms with Crippen molar-refractivity contribution in [3.8, 4) is 0 Å². The molecule has 3 heterocycles. The highest BCUT2D eigenvalue weighted by Gasteiger charge is 2.56. The highest BCUT2D eigenvalue weighted by Crippen LogP contribution is 2.54. The van der Waals surface area contributed by atoms with Gasteiger partial charge in [0.2, 0.25) is 17.7 Å². The maximum Gasteiger partial charge on any atom is 0.338 e. The molecule has 3 amide bonds. The van der Waals surface area contributed by atoms with Crippen LogP contribution in [-0.2, 0) is 25.7 Å². The van der Waals surface area contributed by atoms with E-state index in [0.29, 0.717) is 31.9 Å². The van der Waals surface area contributed by atoms with Crippen LogP contribution in [-0.4, -0.2) is 40.1 Å². The molecule has 224 valence electrons. The molecule has 0 radical (unpaired) electrons. The predicted molar refractivity (Wildman–Crippen MR) is 173 cm³/mol. The fourth-order valence-corrected chi connectivity index (χ4v) is 8.54. The van der Waals surface area contributed by atoms with Gasteiger partial charge in [-0.3, -0.25) is 23.7 Å². The zero-order valence-electron chi connectivity index (χ0n) is 23.0. The number of hydrogen-bond donors (Lipinski definition) is 1. The Morgan fingerprint density at radius 1 is 0.955 bits per heavy atom. The third-order valence-corrected chi connectivity index (χ3v) is 10.7. The van der Waals surface area contributed by atoms with E-state index < -0.39 is 29.0 Å². The molecule has 13 heteroatoms. The molecule has 3 atom stereocenters. The number of carbonyl (C=O) groups excluding carboxylic acids is 4. The molecular weight excluding hydrogens is 690 g/mol. The number of nitrogens with one attached hydrogen (secondary N) is 1. The number of esters is 1. The molecule has 1 fully saturated rings.